The summed E-state index contributed by atoms with van der Waals surface area (Å²) in [6, 6.07) is 59.2. The lowest BCUT2D eigenvalue weighted by atomic mass is 9.94. The van der Waals surface area contributed by atoms with Gasteiger partial charge in [0.1, 0.15) is 0 Å². The predicted octanol–water partition coefficient (Wildman–Crippen LogP) is 11.4. The first kappa shape index (κ1) is 24.7. The van der Waals surface area contributed by atoms with Crippen molar-refractivity contribution in [2.75, 3.05) is 0 Å². The fourth-order valence-corrected chi connectivity index (χ4v) is 6.90. The van der Waals surface area contributed by atoms with E-state index in [9.17, 15) is 0 Å². The van der Waals surface area contributed by atoms with Gasteiger partial charge in [0.05, 0.1) is 16.7 Å². The maximum absolute atomic E-state index is 3.69. The number of nitrogens with zero attached hydrogens (tertiary/aromatic N) is 1. The number of hydrogen-bond acceptors (Lipinski definition) is 0. The van der Waals surface area contributed by atoms with Crippen molar-refractivity contribution in [1.82, 2.24) is 9.55 Å². The molecule has 0 aliphatic heterocycles. The first-order valence-electron chi connectivity index (χ1n) is 15.1. The monoisotopic (exact) mass is 560 g/mol. The summed E-state index contributed by atoms with van der Waals surface area (Å²) in [6.07, 6.45) is 0. The molecule has 0 radical (unpaired) electrons. The molecule has 0 aliphatic carbocycles. The number of rotatable bonds is 4. The summed E-state index contributed by atoms with van der Waals surface area (Å²) in [5, 5.41) is 5.02. The highest BCUT2D eigenvalue weighted by molar-refractivity contribution is 6.18. The zero-order valence-corrected chi connectivity index (χ0v) is 24.0. The molecule has 0 spiro atoms. The van der Waals surface area contributed by atoms with Crippen molar-refractivity contribution in [3.05, 3.63) is 164 Å². The van der Waals surface area contributed by atoms with E-state index in [1.165, 1.54) is 71.6 Å². The number of aromatic amines is 1. The molecule has 0 saturated carbocycles. The van der Waals surface area contributed by atoms with E-state index in [-0.39, 0.29) is 0 Å². The van der Waals surface area contributed by atoms with Crippen LogP contribution in [0, 0.1) is 0 Å². The van der Waals surface area contributed by atoms with Crippen molar-refractivity contribution in [3.63, 3.8) is 0 Å². The molecule has 2 heterocycles. The summed E-state index contributed by atoms with van der Waals surface area (Å²) in [5.41, 5.74) is 13.1. The molecule has 9 rings (SSSR count). The number of hydrogen-bond donors (Lipinski definition) is 1. The van der Waals surface area contributed by atoms with E-state index in [2.05, 4.69) is 173 Å². The van der Waals surface area contributed by atoms with E-state index in [1.54, 1.807) is 0 Å². The second-order valence-electron chi connectivity index (χ2n) is 11.4. The van der Waals surface area contributed by atoms with Gasteiger partial charge in [-0.15, -0.1) is 0 Å². The molecule has 0 saturated heterocycles. The SMILES string of the molecule is c1ccc(-c2ccc(-c3cccc(-c4ccccc4)c3-n3c4ccccc4c4cc5c(cc43)[nH]c3ccccc35)cc2)cc1. The van der Waals surface area contributed by atoms with Gasteiger partial charge in [0.25, 0.3) is 0 Å². The fourth-order valence-electron chi connectivity index (χ4n) is 6.90. The van der Waals surface area contributed by atoms with E-state index in [0.29, 0.717) is 0 Å². The molecular formula is C42H28N2. The summed E-state index contributed by atoms with van der Waals surface area (Å²) in [5.74, 6) is 0. The van der Waals surface area contributed by atoms with Crippen molar-refractivity contribution in [2.45, 2.75) is 0 Å². The van der Waals surface area contributed by atoms with Crippen LogP contribution in [0.4, 0.5) is 0 Å². The molecule has 2 heteroatoms. The average Bonchev–Trinajstić information content (AvgIpc) is 3.62. The smallest absolute Gasteiger partial charge is 0.0618 e. The number of benzene rings is 7. The third-order valence-corrected chi connectivity index (χ3v) is 8.95. The molecule has 0 atom stereocenters. The van der Waals surface area contributed by atoms with Gasteiger partial charge in [-0.2, -0.15) is 0 Å². The van der Waals surface area contributed by atoms with Crippen LogP contribution < -0.4 is 0 Å². The Kier molecular flexibility index (Phi) is 5.54. The lowest BCUT2D eigenvalue weighted by molar-refractivity contribution is 1.18. The second-order valence-corrected chi connectivity index (χ2v) is 11.4. The zero-order valence-electron chi connectivity index (χ0n) is 24.0. The van der Waals surface area contributed by atoms with Crippen LogP contribution in [0.3, 0.4) is 0 Å². The Bertz CT molecular complexity index is 2460. The van der Waals surface area contributed by atoms with E-state index < -0.39 is 0 Å². The van der Waals surface area contributed by atoms with Gasteiger partial charge >= 0.3 is 0 Å². The number of para-hydroxylation sites is 3. The normalized spacial score (nSPS) is 11.6. The lowest BCUT2D eigenvalue weighted by Gasteiger charge is -2.19. The molecule has 0 bridgehead atoms. The maximum atomic E-state index is 3.69. The molecule has 1 N–H and O–H groups in total. The van der Waals surface area contributed by atoms with Gasteiger partial charge in [0.15, 0.2) is 0 Å². The van der Waals surface area contributed by atoms with Gasteiger partial charge in [-0.1, -0.05) is 140 Å². The van der Waals surface area contributed by atoms with Crippen molar-refractivity contribution in [2.24, 2.45) is 0 Å². The Morgan fingerprint density at radius 2 is 0.909 bits per heavy atom. The number of aromatic nitrogens is 2. The van der Waals surface area contributed by atoms with Crippen molar-refractivity contribution in [3.8, 4) is 39.1 Å². The fraction of sp³-hybridized carbons (Fsp3) is 0. The Morgan fingerprint density at radius 1 is 0.341 bits per heavy atom. The summed E-state index contributed by atoms with van der Waals surface area (Å²) < 4.78 is 2.48. The highest BCUT2D eigenvalue weighted by atomic mass is 15.0. The molecule has 0 fully saturated rings. The maximum Gasteiger partial charge on any atom is 0.0618 e. The molecule has 2 aromatic heterocycles. The minimum absolute atomic E-state index is 1.15. The van der Waals surface area contributed by atoms with Crippen LogP contribution >= 0.6 is 0 Å². The van der Waals surface area contributed by atoms with Gasteiger partial charge in [-0.05, 0) is 46.5 Å². The third-order valence-electron chi connectivity index (χ3n) is 8.95. The summed E-state index contributed by atoms with van der Waals surface area (Å²) in [4.78, 5) is 3.69. The average molecular weight is 561 g/mol. The molecule has 9 aromatic rings. The largest absolute Gasteiger partial charge is 0.354 e. The van der Waals surface area contributed by atoms with Crippen LogP contribution in [0.5, 0.6) is 0 Å². The minimum atomic E-state index is 1.15. The molecule has 0 aliphatic rings. The standard InChI is InChI=1S/C42H28N2/c1-3-12-28(13-4-1)29-22-24-31(25-23-29)33-19-11-18-32(30-14-5-2-6-15-30)42(33)44-40-21-10-8-17-35(40)37-26-36-34-16-7-9-20-38(34)43-39(36)27-41(37)44/h1-27,43H. The third kappa shape index (κ3) is 3.82. The van der Waals surface area contributed by atoms with Crippen LogP contribution in [-0.2, 0) is 0 Å². The van der Waals surface area contributed by atoms with Gasteiger partial charge in [0.2, 0.25) is 0 Å². The first-order valence-corrected chi connectivity index (χ1v) is 15.1. The Hall–Kier alpha value is -5.86. The van der Waals surface area contributed by atoms with Gasteiger partial charge in [-0.25, -0.2) is 0 Å². The first-order chi connectivity index (χ1) is 21.8. The van der Waals surface area contributed by atoms with E-state index in [1.807, 2.05) is 0 Å². The topological polar surface area (TPSA) is 20.7 Å². The van der Waals surface area contributed by atoms with Gasteiger partial charge in [0, 0.05) is 43.7 Å². The van der Waals surface area contributed by atoms with Crippen LogP contribution in [0.2, 0.25) is 0 Å². The summed E-state index contributed by atoms with van der Waals surface area (Å²) in [7, 11) is 0. The van der Waals surface area contributed by atoms with Crippen LogP contribution in [0.15, 0.2) is 164 Å². The molecule has 0 unspecified atom stereocenters. The van der Waals surface area contributed by atoms with E-state index in [4.69, 9.17) is 0 Å². The Morgan fingerprint density at radius 3 is 1.66 bits per heavy atom. The molecule has 44 heavy (non-hydrogen) atoms. The highest BCUT2D eigenvalue weighted by Crippen LogP contribution is 2.43. The van der Waals surface area contributed by atoms with Crippen molar-refractivity contribution < 1.29 is 0 Å². The molecule has 0 amide bonds. The van der Waals surface area contributed by atoms with Crippen molar-refractivity contribution in [1.29, 1.82) is 0 Å². The van der Waals surface area contributed by atoms with E-state index in [0.717, 1.165) is 11.0 Å². The van der Waals surface area contributed by atoms with Crippen LogP contribution in [0.1, 0.15) is 0 Å². The predicted molar refractivity (Wildman–Crippen MR) is 186 cm³/mol. The summed E-state index contributed by atoms with van der Waals surface area (Å²) in [6.45, 7) is 0. The second kappa shape index (κ2) is 9.86. The van der Waals surface area contributed by atoms with Crippen molar-refractivity contribution >= 4 is 43.6 Å². The van der Waals surface area contributed by atoms with Crippen LogP contribution in [0.25, 0.3) is 82.7 Å². The Balaban J connectivity index is 1.37. The van der Waals surface area contributed by atoms with Crippen LogP contribution in [-0.4, -0.2) is 9.55 Å². The van der Waals surface area contributed by atoms with Gasteiger partial charge < -0.3 is 9.55 Å². The molecule has 2 nitrogen and oxygen atoms in total. The molecule has 7 aromatic carbocycles. The molecule has 206 valence electrons. The lowest BCUT2D eigenvalue weighted by Crippen LogP contribution is -2.00. The summed E-state index contributed by atoms with van der Waals surface area (Å²) >= 11 is 0. The highest BCUT2D eigenvalue weighted by Gasteiger charge is 2.21. The molecular weight excluding hydrogens is 532 g/mol. The van der Waals surface area contributed by atoms with Gasteiger partial charge in [-0.3, -0.25) is 0 Å². The minimum Gasteiger partial charge on any atom is -0.354 e. The number of fused-ring (bicyclic) bond motifs is 6. The quantitative estimate of drug-likeness (QED) is 0.221. The number of nitrogens with one attached hydrogen (secondary N) is 1. The number of H-pyrrole nitrogens is 1. The zero-order chi connectivity index (χ0) is 29.0. The Labute approximate surface area is 255 Å². The van der Waals surface area contributed by atoms with E-state index >= 15 is 0 Å².